The van der Waals surface area contributed by atoms with Gasteiger partial charge in [0.25, 0.3) is 0 Å². The number of carbonyl (C=O) groups excluding carboxylic acids is 1. The smallest absolute Gasteiger partial charge is 0.325 e. The molecule has 1 aromatic heterocycles. The van der Waals surface area contributed by atoms with Crippen LogP contribution < -0.4 is 15.4 Å². The fraction of sp³-hybridized carbons (Fsp3) is 0.0625. The van der Waals surface area contributed by atoms with E-state index in [-0.39, 0.29) is 0 Å². The van der Waals surface area contributed by atoms with Gasteiger partial charge in [-0.05, 0) is 18.2 Å². The molecule has 8 heteroatoms. The van der Waals surface area contributed by atoms with Gasteiger partial charge in [-0.1, -0.05) is 47.2 Å². The summed E-state index contributed by atoms with van der Waals surface area (Å²) in [4.78, 5) is 12.0. The fourth-order valence-corrected chi connectivity index (χ4v) is 3.04. The van der Waals surface area contributed by atoms with E-state index in [1.165, 1.54) is 11.3 Å². The van der Waals surface area contributed by atoms with Crippen LogP contribution >= 0.6 is 22.9 Å². The van der Waals surface area contributed by atoms with Crippen molar-refractivity contribution in [2.45, 2.75) is 0 Å². The molecule has 0 unspecified atom stereocenters. The quantitative estimate of drug-likeness (QED) is 0.717. The van der Waals surface area contributed by atoms with Gasteiger partial charge in [0.2, 0.25) is 5.13 Å². The molecule has 24 heavy (non-hydrogen) atoms. The monoisotopic (exact) mass is 360 g/mol. The van der Waals surface area contributed by atoms with Gasteiger partial charge in [-0.2, -0.15) is 0 Å². The van der Waals surface area contributed by atoms with Gasteiger partial charge in [0.05, 0.1) is 12.1 Å². The van der Waals surface area contributed by atoms with Crippen molar-refractivity contribution in [2.24, 2.45) is 0 Å². The normalized spacial score (nSPS) is 10.2. The first-order valence-electron chi connectivity index (χ1n) is 6.96. The summed E-state index contributed by atoms with van der Waals surface area (Å²) in [6.07, 6.45) is 0. The third kappa shape index (κ3) is 3.81. The van der Waals surface area contributed by atoms with Gasteiger partial charge in [0, 0.05) is 17.3 Å². The SMILES string of the molecule is COc1cccc(NC(=O)Nc2nnc(-c3ccccc3Cl)s2)c1. The van der Waals surface area contributed by atoms with Crippen molar-refractivity contribution >= 4 is 39.8 Å². The molecule has 6 nitrogen and oxygen atoms in total. The van der Waals surface area contributed by atoms with Crippen LogP contribution in [0.1, 0.15) is 0 Å². The summed E-state index contributed by atoms with van der Waals surface area (Å²) in [5.74, 6) is 0.657. The highest BCUT2D eigenvalue weighted by Gasteiger charge is 2.12. The number of nitrogens with zero attached hydrogens (tertiary/aromatic N) is 2. The van der Waals surface area contributed by atoms with Crippen molar-refractivity contribution in [2.75, 3.05) is 17.7 Å². The Morgan fingerprint density at radius 3 is 2.75 bits per heavy atom. The lowest BCUT2D eigenvalue weighted by Gasteiger charge is -2.06. The molecule has 0 bridgehead atoms. The molecular formula is C16H13ClN4O2S. The number of halogens is 1. The minimum atomic E-state index is -0.412. The Hall–Kier alpha value is -2.64. The highest BCUT2D eigenvalue weighted by molar-refractivity contribution is 7.18. The van der Waals surface area contributed by atoms with E-state index in [0.29, 0.717) is 26.6 Å². The van der Waals surface area contributed by atoms with Crippen LogP contribution in [0.2, 0.25) is 5.02 Å². The van der Waals surface area contributed by atoms with Crippen LogP contribution in [-0.4, -0.2) is 23.3 Å². The average Bonchev–Trinajstić information content (AvgIpc) is 3.03. The predicted octanol–water partition coefficient (Wildman–Crippen LogP) is 4.51. The Labute approximate surface area is 147 Å². The number of rotatable bonds is 4. The number of ether oxygens (including phenoxy) is 1. The molecule has 3 aromatic rings. The topological polar surface area (TPSA) is 76.1 Å². The van der Waals surface area contributed by atoms with Crippen molar-refractivity contribution in [3.05, 3.63) is 53.6 Å². The van der Waals surface area contributed by atoms with Gasteiger partial charge in [0.15, 0.2) is 5.01 Å². The summed E-state index contributed by atoms with van der Waals surface area (Å²) in [5, 5.41) is 15.0. The molecule has 3 rings (SSSR count). The van der Waals surface area contributed by atoms with Crippen LogP contribution in [0.3, 0.4) is 0 Å². The van der Waals surface area contributed by atoms with E-state index in [1.54, 1.807) is 37.4 Å². The van der Waals surface area contributed by atoms with Crippen molar-refractivity contribution in [3.8, 4) is 16.3 Å². The maximum Gasteiger partial charge on any atom is 0.325 e. The molecule has 0 atom stereocenters. The number of amides is 2. The Kier molecular flexibility index (Phi) is 4.93. The summed E-state index contributed by atoms with van der Waals surface area (Å²) in [6, 6.07) is 14.0. The molecule has 2 amide bonds. The van der Waals surface area contributed by atoms with E-state index in [9.17, 15) is 4.79 Å². The third-order valence-corrected chi connectivity index (χ3v) is 4.28. The van der Waals surface area contributed by atoms with Gasteiger partial charge in [-0.15, -0.1) is 10.2 Å². The van der Waals surface area contributed by atoms with Crippen molar-refractivity contribution in [3.63, 3.8) is 0 Å². The molecule has 2 N–H and O–H groups in total. The van der Waals surface area contributed by atoms with Crippen molar-refractivity contribution in [1.29, 1.82) is 0 Å². The number of urea groups is 1. The zero-order valence-corrected chi connectivity index (χ0v) is 14.2. The molecule has 0 fully saturated rings. The van der Waals surface area contributed by atoms with Gasteiger partial charge in [-0.3, -0.25) is 5.32 Å². The van der Waals surface area contributed by atoms with Gasteiger partial charge >= 0.3 is 6.03 Å². The molecule has 0 aliphatic heterocycles. The minimum absolute atomic E-state index is 0.380. The van der Waals surface area contributed by atoms with Crippen LogP contribution in [0.4, 0.5) is 15.6 Å². The van der Waals surface area contributed by atoms with Gasteiger partial charge in [-0.25, -0.2) is 4.79 Å². The van der Waals surface area contributed by atoms with E-state index in [0.717, 1.165) is 5.56 Å². The number of benzene rings is 2. The van der Waals surface area contributed by atoms with E-state index >= 15 is 0 Å². The third-order valence-electron chi connectivity index (χ3n) is 3.08. The second-order valence-corrected chi connectivity index (χ2v) is 6.09. The lowest BCUT2D eigenvalue weighted by atomic mass is 10.2. The number of aromatic nitrogens is 2. The van der Waals surface area contributed by atoms with Gasteiger partial charge in [0.1, 0.15) is 5.75 Å². The Morgan fingerprint density at radius 2 is 1.96 bits per heavy atom. The zero-order valence-electron chi connectivity index (χ0n) is 12.6. The predicted molar refractivity (Wildman–Crippen MR) is 96.0 cm³/mol. The number of hydrogen-bond acceptors (Lipinski definition) is 5. The first kappa shape index (κ1) is 16.2. The molecule has 0 aliphatic carbocycles. The van der Waals surface area contributed by atoms with Crippen LogP contribution in [0.5, 0.6) is 5.75 Å². The Morgan fingerprint density at radius 1 is 1.12 bits per heavy atom. The van der Waals surface area contributed by atoms with Crippen molar-refractivity contribution < 1.29 is 9.53 Å². The number of carbonyl (C=O) groups is 1. The second kappa shape index (κ2) is 7.29. The first-order chi connectivity index (χ1) is 11.7. The summed E-state index contributed by atoms with van der Waals surface area (Å²) in [7, 11) is 1.57. The summed E-state index contributed by atoms with van der Waals surface area (Å²) < 4.78 is 5.11. The van der Waals surface area contributed by atoms with Crippen LogP contribution in [0.25, 0.3) is 10.6 Å². The second-order valence-electron chi connectivity index (χ2n) is 4.70. The van der Waals surface area contributed by atoms with E-state index in [2.05, 4.69) is 20.8 Å². The number of nitrogens with one attached hydrogen (secondary N) is 2. The lowest BCUT2D eigenvalue weighted by molar-refractivity contribution is 0.262. The maximum atomic E-state index is 12.0. The number of methoxy groups -OCH3 is 1. The molecule has 0 spiro atoms. The van der Waals surface area contributed by atoms with E-state index in [1.807, 2.05) is 18.2 Å². The molecule has 0 aliphatic rings. The molecule has 0 saturated heterocycles. The van der Waals surface area contributed by atoms with Gasteiger partial charge < -0.3 is 10.1 Å². The number of anilines is 2. The standard InChI is InChI=1S/C16H13ClN4O2S/c1-23-11-6-4-5-10(9-11)18-15(22)19-16-21-20-14(24-16)12-7-2-3-8-13(12)17/h2-9H,1H3,(H2,18,19,21,22). The van der Waals surface area contributed by atoms with Crippen LogP contribution in [0, 0.1) is 0 Å². The molecule has 1 heterocycles. The maximum absolute atomic E-state index is 12.0. The van der Waals surface area contributed by atoms with Crippen molar-refractivity contribution in [1.82, 2.24) is 10.2 Å². The zero-order chi connectivity index (χ0) is 16.9. The molecule has 0 radical (unpaired) electrons. The average molecular weight is 361 g/mol. The largest absolute Gasteiger partial charge is 0.497 e. The highest BCUT2D eigenvalue weighted by Crippen LogP contribution is 2.31. The minimum Gasteiger partial charge on any atom is -0.497 e. The molecule has 122 valence electrons. The molecule has 2 aromatic carbocycles. The first-order valence-corrected chi connectivity index (χ1v) is 8.15. The fourth-order valence-electron chi connectivity index (χ4n) is 1.98. The van der Waals surface area contributed by atoms with Crippen LogP contribution in [-0.2, 0) is 0 Å². The van der Waals surface area contributed by atoms with Crippen LogP contribution in [0.15, 0.2) is 48.5 Å². The Bertz CT molecular complexity index is 869. The highest BCUT2D eigenvalue weighted by atomic mass is 35.5. The van der Waals surface area contributed by atoms with E-state index < -0.39 is 6.03 Å². The lowest BCUT2D eigenvalue weighted by Crippen LogP contribution is -2.19. The summed E-state index contributed by atoms with van der Waals surface area (Å²) in [6.45, 7) is 0. The van der Waals surface area contributed by atoms with E-state index in [4.69, 9.17) is 16.3 Å². The Balaban J connectivity index is 1.68. The summed E-state index contributed by atoms with van der Waals surface area (Å²) in [5.41, 5.74) is 1.39. The summed E-state index contributed by atoms with van der Waals surface area (Å²) >= 11 is 7.38. The molecular weight excluding hydrogens is 348 g/mol. The number of hydrogen-bond donors (Lipinski definition) is 2. The molecule has 0 saturated carbocycles.